The van der Waals surface area contributed by atoms with Crippen LogP contribution in [-0.2, 0) is 6.54 Å². The summed E-state index contributed by atoms with van der Waals surface area (Å²) in [5, 5.41) is 12.3. The van der Waals surface area contributed by atoms with E-state index < -0.39 is 0 Å². The minimum Gasteiger partial charge on any atom is -0.374 e. The van der Waals surface area contributed by atoms with Crippen molar-refractivity contribution in [3.63, 3.8) is 0 Å². The van der Waals surface area contributed by atoms with Gasteiger partial charge in [-0.15, -0.1) is 5.10 Å². The average Bonchev–Trinajstić information content (AvgIpc) is 3.09. The molecule has 0 radical (unpaired) electrons. The molecular weight excluding hydrogens is 276 g/mol. The number of hydrogen-bond donors (Lipinski definition) is 1. The summed E-state index contributed by atoms with van der Waals surface area (Å²) in [6, 6.07) is 1.70. The van der Waals surface area contributed by atoms with E-state index in [0.717, 1.165) is 23.7 Å². The van der Waals surface area contributed by atoms with Crippen LogP contribution in [-0.4, -0.2) is 30.3 Å². The molecule has 7 nitrogen and oxygen atoms in total. The highest BCUT2D eigenvalue weighted by Crippen LogP contribution is 2.18. The third kappa shape index (κ3) is 2.29. The molecule has 3 rings (SSSR count). The Morgan fingerprint density at radius 1 is 1.40 bits per heavy atom. The van der Waals surface area contributed by atoms with Crippen molar-refractivity contribution in [2.75, 3.05) is 11.9 Å². The van der Waals surface area contributed by atoms with Crippen LogP contribution in [0.4, 0.5) is 5.00 Å². The molecule has 1 N–H and O–H groups in total. The third-order valence-corrected chi connectivity index (χ3v) is 3.68. The Labute approximate surface area is 119 Å². The summed E-state index contributed by atoms with van der Waals surface area (Å²) in [6.07, 6.45) is 6.11. The van der Waals surface area contributed by atoms with Gasteiger partial charge in [0, 0.05) is 30.5 Å². The van der Waals surface area contributed by atoms with Crippen LogP contribution in [0.15, 0.2) is 29.5 Å². The maximum atomic E-state index is 12.3. The first-order valence-corrected chi connectivity index (χ1v) is 7.15. The van der Waals surface area contributed by atoms with E-state index in [-0.39, 0.29) is 5.56 Å². The van der Waals surface area contributed by atoms with Crippen molar-refractivity contribution in [1.29, 1.82) is 0 Å². The third-order valence-electron chi connectivity index (χ3n) is 2.95. The molecule has 0 aliphatic carbocycles. The minimum absolute atomic E-state index is 0.0839. The zero-order chi connectivity index (χ0) is 13.9. The van der Waals surface area contributed by atoms with Crippen molar-refractivity contribution in [3.05, 3.63) is 40.7 Å². The highest BCUT2D eigenvalue weighted by molar-refractivity contribution is 7.10. The first-order chi connectivity index (χ1) is 9.79. The summed E-state index contributed by atoms with van der Waals surface area (Å²) >= 11 is 1.31. The van der Waals surface area contributed by atoms with Crippen LogP contribution < -0.4 is 10.9 Å². The highest BCUT2D eigenvalue weighted by Gasteiger charge is 2.10. The van der Waals surface area contributed by atoms with E-state index in [4.69, 9.17) is 0 Å². The first-order valence-electron chi connectivity index (χ1n) is 6.37. The fourth-order valence-corrected chi connectivity index (χ4v) is 2.53. The van der Waals surface area contributed by atoms with Crippen LogP contribution in [0.25, 0.3) is 5.52 Å². The molecule has 0 unspecified atom stereocenters. The molecule has 3 aromatic rings. The Morgan fingerprint density at radius 3 is 3.15 bits per heavy atom. The number of rotatable bonds is 5. The maximum Gasteiger partial charge on any atom is 0.276 e. The lowest BCUT2D eigenvalue weighted by atomic mass is 10.4. The monoisotopic (exact) mass is 290 g/mol. The van der Waals surface area contributed by atoms with Crippen molar-refractivity contribution in [1.82, 2.24) is 23.8 Å². The average molecular weight is 290 g/mol. The Balaban J connectivity index is 1.91. The van der Waals surface area contributed by atoms with Crippen LogP contribution >= 0.6 is 11.5 Å². The molecule has 20 heavy (non-hydrogen) atoms. The molecule has 0 aliphatic rings. The second-order valence-electron chi connectivity index (χ2n) is 4.37. The normalized spacial score (nSPS) is 11.1. The summed E-state index contributed by atoms with van der Waals surface area (Å²) in [5.74, 6) is 0. The zero-order valence-electron chi connectivity index (χ0n) is 11.0. The van der Waals surface area contributed by atoms with Crippen LogP contribution in [0.1, 0.15) is 19.0 Å². The lowest BCUT2D eigenvalue weighted by Crippen LogP contribution is -2.22. The van der Waals surface area contributed by atoms with E-state index in [1.165, 1.54) is 11.5 Å². The Hall–Kier alpha value is -2.22. The van der Waals surface area contributed by atoms with E-state index in [1.807, 2.05) is 0 Å². The molecule has 0 aliphatic heterocycles. The number of nitrogens with zero attached hydrogens (tertiary/aromatic N) is 5. The summed E-state index contributed by atoms with van der Waals surface area (Å²) in [7, 11) is 0. The van der Waals surface area contributed by atoms with E-state index in [2.05, 4.69) is 26.9 Å². The number of fused-ring (bicyclic) bond motifs is 1. The molecule has 0 aromatic carbocycles. The second kappa shape index (κ2) is 5.41. The molecule has 0 bridgehead atoms. The van der Waals surface area contributed by atoms with Crippen molar-refractivity contribution in [3.8, 4) is 0 Å². The molecule has 0 spiro atoms. The second-order valence-corrected chi connectivity index (χ2v) is 5.12. The number of hydrogen-bond acceptors (Lipinski definition) is 6. The quantitative estimate of drug-likeness (QED) is 0.764. The van der Waals surface area contributed by atoms with Gasteiger partial charge in [-0.1, -0.05) is 11.4 Å². The Kier molecular flexibility index (Phi) is 3.46. The summed E-state index contributed by atoms with van der Waals surface area (Å²) in [5.41, 5.74) is 1.26. The minimum atomic E-state index is -0.0839. The smallest absolute Gasteiger partial charge is 0.276 e. The fourth-order valence-electron chi connectivity index (χ4n) is 1.93. The van der Waals surface area contributed by atoms with Gasteiger partial charge in [0.15, 0.2) is 0 Å². The van der Waals surface area contributed by atoms with Gasteiger partial charge >= 0.3 is 0 Å². The van der Waals surface area contributed by atoms with E-state index in [9.17, 15) is 4.79 Å². The van der Waals surface area contributed by atoms with Crippen LogP contribution in [0.5, 0.6) is 0 Å². The van der Waals surface area contributed by atoms with Crippen LogP contribution in [0.2, 0.25) is 0 Å². The summed E-state index contributed by atoms with van der Waals surface area (Å²) in [6.45, 7) is 3.37. The highest BCUT2D eigenvalue weighted by atomic mass is 32.1. The molecule has 0 fully saturated rings. The van der Waals surface area contributed by atoms with Gasteiger partial charge in [0.2, 0.25) is 0 Å². The fraction of sp³-hybridized carbons (Fsp3) is 0.333. The van der Waals surface area contributed by atoms with Gasteiger partial charge in [-0.3, -0.25) is 4.79 Å². The Morgan fingerprint density at radius 2 is 2.30 bits per heavy atom. The molecule has 8 heteroatoms. The molecule has 3 heterocycles. The SMILES string of the molecule is CCCNc1snnc1Cn1ccn2nccc2c1=O. The molecule has 0 saturated heterocycles. The molecule has 0 amide bonds. The van der Waals surface area contributed by atoms with Crippen LogP contribution in [0, 0.1) is 0 Å². The van der Waals surface area contributed by atoms with E-state index >= 15 is 0 Å². The van der Waals surface area contributed by atoms with Gasteiger partial charge < -0.3 is 9.88 Å². The number of anilines is 1. The largest absolute Gasteiger partial charge is 0.374 e. The number of nitrogens with one attached hydrogen (secondary N) is 1. The zero-order valence-corrected chi connectivity index (χ0v) is 11.8. The molecule has 0 saturated carbocycles. The first kappa shape index (κ1) is 12.8. The predicted octanol–water partition coefficient (Wildman–Crippen LogP) is 1.22. The number of aromatic nitrogens is 5. The topological polar surface area (TPSA) is 77.1 Å². The van der Waals surface area contributed by atoms with Gasteiger partial charge in [-0.2, -0.15) is 5.10 Å². The molecule has 104 valence electrons. The van der Waals surface area contributed by atoms with Crippen molar-refractivity contribution >= 4 is 22.1 Å². The van der Waals surface area contributed by atoms with Crippen LogP contribution in [0.3, 0.4) is 0 Å². The molecule has 3 aromatic heterocycles. The van der Waals surface area contributed by atoms with Crippen molar-refractivity contribution in [2.24, 2.45) is 0 Å². The Bertz CT molecular complexity index is 773. The standard InChI is InChI=1S/C12H14N6OS/c1-2-4-13-11-9(15-16-20-11)8-17-6-7-18-10(12(17)19)3-5-14-18/h3,5-7,13H,2,4,8H2,1H3. The van der Waals surface area contributed by atoms with Gasteiger partial charge in [-0.05, 0) is 12.5 Å². The predicted molar refractivity (Wildman–Crippen MR) is 77.2 cm³/mol. The summed E-state index contributed by atoms with van der Waals surface area (Å²) < 4.78 is 7.13. The van der Waals surface area contributed by atoms with Gasteiger partial charge in [0.1, 0.15) is 16.2 Å². The molecular formula is C12H14N6OS. The maximum absolute atomic E-state index is 12.3. The van der Waals surface area contributed by atoms with Gasteiger partial charge in [0.25, 0.3) is 5.56 Å². The lowest BCUT2D eigenvalue weighted by Gasteiger charge is -2.06. The van der Waals surface area contributed by atoms with E-state index in [1.54, 1.807) is 33.7 Å². The van der Waals surface area contributed by atoms with Crippen molar-refractivity contribution < 1.29 is 0 Å². The van der Waals surface area contributed by atoms with Crippen molar-refractivity contribution in [2.45, 2.75) is 19.9 Å². The van der Waals surface area contributed by atoms with Gasteiger partial charge in [0.05, 0.1) is 12.7 Å². The lowest BCUT2D eigenvalue weighted by molar-refractivity contribution is 0.723. The molecule has 0 atom stereocenters. The van der Waals surface area contributed by atoms with Gasteiger partial charge in [-0.25, -0.2) is 4.52 Å². The van der Waals surface area contributed by atoms with E-state index in [0.29, 0.717) is 12.1 Å². The summed E-state index contributed by atoms with van der Waals surface area (Å²) in [4.78, 5) is 12.3.